The third-order valence-electron chi connectivity index (χ3n) is 1.93. The van der Waals surface area contributed by atoms with Crippen LogP contribution in [0.2, 0.25) is 0 Å². The first-order chi connectivity index (χ1) is 6.81. The molecular weight excluding hydrogens is 184 g/mol. The highest BCUT2D eigenvalue weighted by molar-refractivity contribution is 4.89. The lowest BCUT2D eigenvalue weighted by atomic mass is 10.5. The molecule has 7 heteroatoms. The van der Waals surface area contributed by atoms with E-state index in [9.17, 15) is 0 Å². The highest BCUT2D eigenvalue weighted by atomic mass is 16.3. The summed E-state index contributed by atoms with van der Waals surface area (Å²) in [7, 11) is 1.80. The SMILES string of the molecule is Cn1ncnc1Cn1ncnc1CO. The van der Waals surface area contributed by atoms with E-state index < -0.39 is 0 Å². The Morgan fingerprint density at radius 3 is 2.57 bits per heavy atom. The van der Waals surface area contributed by atoms with Crippen molar-refractivity contribution in [3.05, 3.63) is 24.3 Å². The van der Waals surface area contributed by atoms with Gasteiger partial charge >= 0.3 is 0 Å². The van der Waals surface area contributed by atoms with Crippen LogP contribution in [0.1, 0.15) is 11.6 Å². The second-order valence-electron chi connectivity index (χ2n) is 2.79. The molecule has 0 saturated carbocycles. The van der Waals surface area contributed by atoms with Crippen molar-refractivity contribution in [3.8, 4) is 0 Å². The molecule has 7 nitrogen and oxygen atoms in total. The van der Waals surface area contributed by atoms with Gasteiger partial charge in [-0.05, 0) is 0 Å². The fourth-order valence-electron chi connectivity index (χ4n) is 1.14. The van der Waals surface area contributed by atoms with Crippen molar-refractivity contribution in [2.75, 3.05) is 0 Å². The van der Waals surface area contributed by atoms with Crippen molar-refractivity contribution >= 4 is 0 Å². The summed E-state index contributed by atoms with van der Waals surface area (Å²) in [5, 5.41) is 16.8. The fourth-order valence-corrected chi connectivity index (χ4v) is 1.14. The zero-order chi connectivity index (χ0) is 9.97. The van der Waals surface area contributed by atoms with Gasteiger partial charge < -0.3 is 5.11 Å². The molecule has 14 heavy (non-hydrogen) atoms. The summed E-state index contributed by atoms with van der Waals surface area (Å²) in [6.45, 7) is 0.338. The number of aromatic nitrogens is 6. The Kier molecular flexibility index (Phi) is 2.23. The first-order valence-corrected chi connectivity index (χ1v) is 4.11. The molecule has 0 saturated heterocycles. The summed E-state index contributed by atoms with van der Waals surface area (Å²) >= 11 is 0. The van der Waals surface area contributed by atoms with Crippen molar-refractivity contribution in [2.24, 2.45) is 7.05 Å². The maximum atomic E-state index is 8.94. The van der Waals surface area contributed by atoms with Crippen LogP contribution >= 0.6 is 0 Å². The summed E-state index contributed by atoms with van der Waals surface area (Å²) in [5.74, 6) is 1.29. The van der Waals surface area contributed by atoms with Gasteiger partial charge in [-0.1, -0.05) is 0 Å². The molecule has 0 fully saturated rings. The minimum atomic E-state index is -0.127. The van der Waals surface area contributed by atoms with Crippen LogP contribution in [-0.4, -0.2) is 34.6 Å². The summed E-state index contributed by atoms with van der Waals surface area (Å²) in [4.78, 5) is 7.94. The van der Waals surface area contributed by atoms with Crippen LogP contribution in [-0.2, 0) is 20.2 Å². The molecule has 0 amide bonds. The van der Waals surface area contributed by atoms with Gasteiger partial charge in [0.1, 0.15) is 31.6 Å². The molecule has 0 unspecified atom stereocenters. The Morgan fingerprint density at radius 2 is 1.93 bits per heavy atom. The minimum Gasteiger partial charge on any atom is -0.388 e. The average Bonchev–Trinajstić information content (AvgIpc) is 2.77. The second-order valence-corrected chi connectivity index (χ2v) is 2.79. The molecule has 2 heterocycles. The Bertz CT molecular complexity index is 419. The van der Waals surface area contributed by atoms with Gasteiger partial charge in [0.15, 0.2) is 5.82 Å². The lowest BCUT2D eigenvalue weighted by Gasteiger charge is -2.02. The summed E-state index contributed by atoms with van der Waals surface area (Å²) < 4.78 is 3.24. The van der Waals surface area contributed by atoms with E-state index in [1.54, 1.807) is 16.4 Å². The van der Waals surface area contributed by atoms with Gasteiger partial charge in [-0.15, -0.1) is 0 Å². The van der Waals surface area contributed by atoms with Crippen molar-refractivity contribution in [3.63, 3.8) is 0 Å². The van der Waals surface area contributed by atoms with Gasteiger partial charge in [-0.25, -0.2) is 14.6 Å². The van der Waals surface area contributed by atoms with E-state index >= 15 is 0 Å². The van der Waals surface area contributed by atoms with Crippen molar-refractivity contribution in [1.29, 1.82) is 0 Å². The molecule has 0 radical (unpaired) electrons. The Hall–Kier alpha value is -1.76. The van der Waals surface area contributed by atoms with E-state index in [0.29, 0.717) is 12.4 Å². The van der Waals surface area contributed by atoms with E-state index in [-0.39, 0.29) is 6.61 Å². The lowest BCUT2D eigenvalue weighted by Crippen LogP contribution is -2.11. The average molecular weight is 194 g/mol. The molecule has 0 aromatic carbocycles. The van der Waals surface area contributed by atoms with Crippen LogP contribution in [0, 0.1) is 0 Å². The predicted octanol–water partition coefficient (Wildman–Crippen LogP) is -1.05. The predicted molar refractivity (Wildman–Crippen MR) is 46.0 cm³/mol. The van der Waals surface area contributed by atoms with Crippen LogP contribution in [0.5, 0.6) is 0 Å². The number of rotatable bonds is 3. The quantitative estimate of drug-likeness (QED) is 0.674. The standard InChI is InChI=1S/C7H10N6O/c1-12-6(8-4-10-12)2-13-7(3-14)9-5-11-13/h4-5,14H,2-3H2,1H3. The number of aryl methyl sites for hydroxylation is 1. The summed E-state index contributed by atoms with van der Waals surface area (Å²) in [6.07, 6.45) is 2.88. The van der Waals surface area contributed by atoms with Crippen LogP contribution in [0.15, 0.2) is 12.7 Å². The summed E-state index contributed by atoms with van der Waals surface area (Å²) in [6, 6.07) is 0. The maximum Gasteiger partial charge on any atom is 0.153 e. The molecule has 0 atom stereocenters. The molecule has 0 spiro atoms. The van der Waals surface area contributed by atoms with Crippen LogP contribution in [0.4, 0.5) is 0 Å². The molecule has 2 aromatic rings. The third-order valence-corrected chi connectivity index (χ3v) is 1.93. The fraction of sp³-hybridized carbons (Fsp3) is 0.429. The maximum absolute atomic E-state index is 8.94. The van der Waals surface area contributed by atoms with Gasteiger partial charge in [-0.3, -0.25) is 4.68 Å². The molecule has 0 bridgehead atoms. The largest absolute Gasteiger partial charge is 0.388 e. The number of aliphatic hydroxyl groups is 1. The van der Waals surface area contributed by atoms with Gasteiger partial charge in [0.25, 0.3) is 0 Å². The third kappa shape index (κ3) is 1.49. The lowest BCUT2D eigenvalue weighted by molar-refractivity contribution is 0.263. The van der Waals surface area contributed by atoms with Gasteiger partial charge in [0.05, 0.1) is 0 Å². The molecule has 1 N–H and O–H groups in total. The minimum absolute atomic E-state index is 0.127. The number of aliphatic hydroxyl groups excluding tert-OH is 1. The zero-order valence-corrected chi connectivity index (χ0v) is 7.70. The molecular formula is C7H10N6O. The molecule has 2 aromatic heterocycles. The van der Waals surface area contributed by atoms with Crippen molar-refractivity contribution in [1.82, 2.24) is 29.5 Å². The highest BCUT2D eigenvalue weighted by Gasteiger charge is 2.06. The van der Waals surface area contributed by atoms with E-state index in [2.05, 4.69) is 20.2 Å². The number of hydrogen-bond acceptors (Lipinski definition) is 5. The van der Waals surface area contributed by atoms with Crippen molar-refractivity contribution in [2.45, 2.75) is 13.2 Å². The van der Waals surface area contributed by atoms with Gasteiger partial charge in [0, 0.05) is 7.05 Å². The van der Waals surface area contributed by atoms with Crippen LogP contribution < -0.4 is 0 Å². The molecule has 0 aliphatic rings. The number of nitrogens with zero attached hydrogens (tertiary/aromatic N) is 6. The summed E-state index contributed by atoms with van der Waals surface area (Å²) in [5.41, 5.74) is 0. The zero-order valence-electron chi connectivity index (χ0n) is 7.70. The molecule has 2 rings (SSSR count). The first-order valence-electron chi connectivity index (χ1n) is 4.11. The monoisotopic (exact) mass is 194 g/mol. The van der Waals surface area contributed by atoms with Gasteiger partial charge in [-0.2, -0.15) is 10.2 Å². The second kappa shape index (κ2) is 3.54. The first kappa shape index (κ1) is 8.82. The number of hydrogen-bond donors (Lipinski definition) is 1. The Morgan fingerprint density at radius 1 is 1.21 bits per heavy atom. The molecule has 74 valence electrons. The molecule has 0 aliphatic carbocycles. The Balaban J connectivity index is 2.22. The van der Waals surface area contributed by atoms with Gasteiger partial charge in [0.2, 0.25) is 0 Å². The molecule has 0 aliphatic heterocycles. The van der Waals surface area contributed by atoms with Crippen LogP contribution in [0.25, 0.3) is 0 Å². The van der Waals surface area contributed by atoms with E-state index in [4.69, 9.17) is 5.11 Å². The van der Waals surface area contributed by atoms with E-state index in [1.807, 2.05) is 0 Å². The van der Waals surface area contributed by atoms with E-state index in [0.717, 1.165) is 5.82 Å². The van der Waals surface area contributed by atoms with Crippen molar-refractivity contribution < 1.29 is 5.11 Å². The van der Waals surface area contributed by atoms with Crippen LogP contribution in [0.3, 0.4) is 0 Å². The highest BCUT2D eigenvalue weighted by Crippen LogP contribution is 1.98. The Labute approximate surface area is 80.0 Å². The topological polar surface area (TPSA) is 81.7 Å². The normalized spacial score (nSPS) is 10.7. The smallest absolute Gasteiger partial charge is 0.153 e. The van der Waals surface area contributed by atoms with E-state index in [1.165, 1.54) is 12.7 Å².